The number of hydrogen-bond acceptors (Lipinski definition) is 6. The lowest BCUT2D eigenvalue weighted by molar-refractivity contribution is 0.102. The standard InChI is InChI=1S/C11H10ClN3O3S2/c1-6-14-15-11(19-6)13-10(16)8-5-7(20(2,17)18)3-4-9(8)12/h3-5H,1-2H3,(H,13,15,16). The van der Waals surface area contributed by atoms with Gasteiger partial charge in [-0.1, -0.05) is 22.9 Å². The van der Waals surface area contributed by atoms with Crippen LogP contribution < -0.4 is 5.32 Å². The quantitative estimate of drug-likeness (QED) is 0.930. The van der Waals surface area contributed by atoms with Crippen LogP contribution in [0.3, 0.4) is 0 Å². The summed E-state index contributed by atoms with van der Waals surface area (Å²) >= 11 is 7.14. The molecular formula is C11H10ClN3O3S2. The maximum atomic E-state index is 12.1. The molecule has 9 heteroatoms. The van der Waals surface area contributed by atoms with Crippen LogP contribution in [-0.4, -0.2) is 30.8 Å². The lowest BCUT2D eigenvalue weighted by Crippen LogP contribution is -2.13. The average molecular weight is 332 g/mol. The van der Waals surface area contributed by atoms with E-state index in [1.807, 2.05) is 0 Å². The molecule has 0 fully saturated rings. The molecule has 0 spiro atoms. The Bertz CT molecular complexity index is 771. The van der Waals surface area contributed by atoms with Crippen LogP contribution in [0.4, 0.5) is 5.13 Å². The molecule has 0 atom stereocenters. The Morgan fingerprint density at radius 1 is 1.35 bits per heavy atom. The number of benzene rings is 1. The molecule has 20 heavy (non-hydrogen) atoms. The highest BCUT2D eigenvalue weighted by Gasteiger charge is 2.16. The second kappa shape index (κ2) is 5.47. The van der Waals surface area contributed by atoms with Crippen molar-refractivity contribution in [2.24, 2.45) is 0 Å². The van der Waals surface area contributed by atoms with E-state index < -0.39 is 15.7 Å². The number of rotatable bonds is 3. The van der Waals surface area contributed by atoms with Crippen LogP contribution in [-0.2, 0) is 9.84 Å². The number of nitrogens with one attached hydrogen (secondary N) is 1. The van der Waals surface area contributed by atoms with Gasteiger partial charge in [0.1, 0.15) is 5.01 Å². The first kappa shape index (κ1) is 14.9. The summed E-state index contributed by atoms with van der Waals surface area (Å²) in [7, 11) is -3.41. The van der Waals surface area contributed by atoms with Crippen LogP contribution >= 0.6 is 22.9 Å². The van der Waals surface area contributed by atoms with Gasteiger partial charge in [-0.2, -0.15) is 0 Å². The summed E-state index contributed by atoms with van der Waals surface area (Å²) in [5.41, 5.74) is 0.0717. The number of carbonyl (C=O) groups excluding carboxylic acids is 1. The highest BCUT2D eigenvalue weighted by molar-refractivity contribution is 7.90. The third-order valence-corrected chi connectivity index (χ3v) is 4.55. The molecule has 0 saturated heterocycles. The molecule has 0 radical (unpaired) electrons. The van der Waals surface area contributed by atoms with Gasteiger partial charge in [0.15, 0.2) is 9.84 Å². The SMILES string of the molecule is Cc1nnc(NC(=O)c2cc(S(C)(=O)=O)ccc2Cl)s1. The second-order valence-corrected chi connectivity index (χ2v) is 7.60. The van der Waals surface area contributed by atoms with E-state index in [-0.39, 0.29) is 15.5 Å². The molecule has 1 aromatic carbocycles. The molecule has 0 aliphatic rings. The molecule has 0 aliphatic carbocycles. The number of anilines is 1. The Morgan fingerprint density at radius 2 is 2.05 bits per heavy atom. The zero-order valence-corrected chi connectivity index (χ0v) is 12.9. The molecule has 0 saturated carbocycles. The number of halogens is 1. The number of aryl methyl sites for hydroxylation is 1. The van der Waals surface area contributed by atoms with Gasteiger partial charge >= 0.3 is 0 Å². The smallest absolute Gasteiger partial charge is 0.259 e. The lowest BCUT2D eigenvalue weighted by atomic mass is 10.2. The van der Waals surface area contributed by atoms with Gasteiger partial charge in [-0.25, -0.2) is 8.42 Å². The third kappa shape index (κ3) is 3.33. The van der Waals surface area contributed by atoms with E-state index in [0.29, 0.717) is 10.1 Å². The fourth-order valence-corrected chi connectivity index (χ4v) is 2.86. The Labute approximate surface area is 124 Å². The van der Waals surface area contributed by atoms with E-state index in [9.17, 15) is 13.2 Å². The van der Waals surface area contributed by atoms with E-state index in [1.165, 1.54) is 29.5 Å². The van der Waals surface area contributed by atoms with Crippen LogP contribution in [0.25, 0.3) is 0 Å². The van der Waals surface area contributed by atoms with E-state index in [1.54, 1.807) is 6.92 Å². The summed E-state index contributed by atoms with van der Waals surface area (Å²) < 4.78 is 23.0. The number of carbonyl (C=O) groups is 1. The van der Waals surface area contributed by atoms with Crippen LogP contribution in [0, 0.1) is 6.92 Å². The third-order valence-electron chi connectivity index (χ3n) is 2.36. The number of hydrogen-bond donors (Lipinski definition) is 1. The number of aromatic nitrogens is 2. The fraction of sp³-hybridized carbons (Fsp3) is 0.182. The lowest BCUT2D eigenvalue weighted by Gasteiger charge is -2.06. The van der Waals surface area contributed by atoms with Crippen molar-refractivity contribution in [1.29, 1.82) is 0 Å². The molecule has 1 amide bonds. The summed E-state index contributed by atoms with van der Waals surface area (Å²) in [6, 6.07) is 3.96. The van der Waals surface area contributed by atoms with Gasteiger partial charge in [0.2, 0.25) is 5.13 Å². The maximum Gasteiger partial charge on any atom is 0.259 e. The van der Waals surface area contributed by atoms with Gasteiger partial charge in [-0.15, -0.1) is 10.2 Å². The first-order valence-corrected chi connectivity index (χ1v) is 8.47. The highest BCUT2D eigenvalue weighted by atomic mass is 35.5. The minimum Gasteiger partial charge on any atom is -0.296 e. The molecule has 6 nitrogen and oxygen atoms in total. The van der Waals surface area contributed by atoms with Gasteiger partial charge in [-0.05, 0) is 25.1 Å². The summed E-state index contributed by atoms with van der Waals surface area (Å²) in [6.07, 6.45) is 1.06. The van der Waals surface area contributed by atoms with Crippen LogP contribution in [0.1, 0.15) is 15.4 Å². The van der Waals surface area contributed by atoms with Crippen molar-refractivity contribution in [1.82, 2.24) is 10.2 Å². The monoisotopic (exact) mass is 331 g/mol. The van der Waals surface area contributed by atoms with Crippen molar-refractivity contribution in [3.8, 4) is 0 Å². The minimum absolute atomic E-state index is 0.0282. The molecule has 0 aliphatic heterocycles. The molecule has 2 aromatic rings. The molecular weight excluding hydrogens is 322 g/mol. The van der Waals surface area contributed by atoms with Crippen molar-refractivity contribution < 1.29 is 13.2 Å². The summed E-state index contributed by atoms with van der Waals surface area (Å²) in [5.74, 6) is -0.531. The van der Waals surface area contributed by atoms with Crippen LogP contribution in [0.5, 0.6) is 0 Å². The normalized spacial score (nSPS) is 11.3. The first-order chi connectivity index (χ1) is 9.27. The van der Waals surface area contributed by atoms with Crippen LogP contribution in [0.2, 0.25) is 5.02 Å². The first-order valence-electron chi connectivity index (χ1n) is 5.38. The van der Waals surface area contributed by atoms with Crippen molar-refractivity contribution in [3.63, 3.8) is 0 Å². The molecule has 1 heterocycles. The summed E-state index contributed by atoms with van der Waals surface area (Å²) in [5, 5.41) is 11.2. The summed E-state index contributed by atoms with van der Waals surface area (Å²) in [4.78, 5) is 12.1. The largest absolute Gasteiger partial charge is 0.296 e. The molecule has 106 valence electrons. The van der Waals surface area contributed by atoms with E-state index in [0.717, 1.165) is 6.26 Å². The topological polar surface area (TPSA) is 89.0 Å². The zero-order valence-electron chi connectivity index (χ0n) is 10.5. The fourth-order valence-electron chi connectivity index (χ4n) is 1.42. The average Bonchev–Trinajstić information content (AvgIpc) is 2.73. The molecule has 1 aromatic heterocycles. The van der Waals surface area contributed by atoms with Gasteiger partial charge < -0.3 is 0 Å². The molecule has 0 bridgehead atoms. The van der Waals surface area contributed by atoms with E-state index in [4.69, 9.17) is 11.6 Å². The van der Waals surface area contributed by atoms with Gasteiger partial charge in [0, 0.05) is 6.26 Å². The molecule has 0 unspecified atom stereocenters. The zero-order chi connectivity index (χ0) is 14.9. The molecule has 1 N–H and O–H groups in total. The number of nitrogens with zero attached hydrogens (tertiary/aromatic N) is 2. The maximum absolute atomic E-state index is 12.1. The predicted octanol–water partition coefficient (Wildman–Crippen LogP) is 2.16. The summed E-state index contributed by atoms with van der Waals surface area (Å²) in [6.45, 7) is 1.75. The Kier molecular flexibility index (Phi) is 4.07. The van der Waals surface area contributed by atoms with Crippen molar-refractivity contribution in [2.45, 2.75) is 11.8 Å². The van der Waals surface area contributed by atoms with Gasteiger partial charge in [0.25, 0.3) is 5.91 Å². The van der Waals surface area contributed by atoms with Crippen molar-refractivity contribution in [2.75, 3.05) is 11.6 Å². The number of amides is 1. The predicted molar refractivity (Wildman–Crippen MR) is 77.2 cm³/mol. The Balaban J connectivity index is 2.34. The van der Waals surface area contributed by atoms with Crippen molar-refractivity contribution in [3.05, 3.63) is 33.8 Å². The van der Waals surface area contributed by atoms with Gasteiger partial charge in [0.05, 0.1) is 15.5 Å². The van der Waals surface area contributed by atoms with Gasteiger partial charge in [-0.3, -0.25) is 10.1 Å². The van der Waals surface area contributed by atoms with E-state index in [2.05, 4.69) is 15.5 Å². The Morgan fingerprint density at radius 3 is 2.60 bits per heavy atom. The number of sulfone groups is 1. The molecule has 2 rings (SSSR count). The Hall–Kier alpha value is -1.51. The van der Waals surface area contributed by atoms with E-state index >= 15 is 0 Å². The van der Waals surface area contributed by atoms with Crippen molar-refractivity contribution >= 4 is 43.8 Å². The second-order valence-electron chi connectivity index (χ2n) is 3.99. The van der Waals surface area contributed by atoms with Crippen LogP contribution in [0.15, 0.2) is 23.1 Å². The minimum atomic E-state index is -3.41. The highest BCUT2D eigenvalue weighted by Crippen LogP contribution is 2.22.